The number of piperidine rings is 1. The van der Waals surface area contributed by atoms with Gasteiger partial charge in [0.15, 0.2) is 0 Å². The Balaban J connectivity index is 2.18. The van der Waals surface area contributed by atoms with Crippen molar-refractivity contribution in [1.82, 2.24) is 9.97 Å². The average Bonchev–Trinajstić information content (AvgIpc) is 2.68. The van der Waals surface area contributed by atoms with Crippen molar-refractivity contribution in [3.63, 3.8) is 0 Å². The van der Waals surface area contributed by atoms with Crippen LogP contribution in [0.5, 0.6) is 0 Å². The van der Waals surface area contributed by atoms with E-state index in [1.165, 1.54) is 0 Å². The van der Waals surface area contributed by atoms with Crippen molar-refractivity contribution in [2.75, 3.05) is 36.9 Å². The Bertz CT molecular complexity index is 883. The molecule has 1 fully saturated rings. The minimum Gasteiger partial charge on any atom is -0.403 e. The molecule has 2 atom stereocenters. The van der Waals surface area contributed by atoms with Crippen LogP contribution < -0.4 is 22.5 Å². The third-order valence-corrected chi connectivity index (χ3v) is 5.26. The number of hydrogen-bond acceptors (Lipinski definition) is 8. The molecule has 2 heterocycles. The first kappa shape index (κ1) is 24.0. The molecule has 0 amide bonds. The smallest absolute Gasteiger partial charge is 0.257 e. The lowest BCUT2D eigenvalue weighted by atomic mass is 9.93. The summed E-state index contributed by atoms with van der Waals surface area (Å²) in [5, 5.41) is 11.3. The quantitative estimate of drug-likeness (QED) is 0.228. The molecule has 31 heavy (non-hydrogen) atoms. The molecule has 1 aromatic heterocycles. The summed E-state index contributed by atoms with van der Waals surface area (Å²) in [5.74, 6) is 0.120. The number of alkyl halides is 2. The van der Waals surface area contributed by atoms with Crippen LogP contribution in [0, 0.1) is 5.41 Å². The van der Waals surface area contributed by atoms with Gasteiger partial charge >= 0.3 is 0 Å². The fourth-order valence-electron chi connectivity index (χ4n) is 3.67. The lowest BCUT2D eigenvalue weighted by Crippen LogP contribution is -2.51. The van der Waals surface area contributed by atoms with Crippen LogP contribution in [0.2, 0.25) is 0 Å². The summed E-state index contributed by atoms with van der Waals surface area (Å²) in [4.78, 5) is 11.9. The van der Waals surface area contributed by atoms with Crippen molar-refractivity contribution in [1.29, 1.82) is 5.41 Å². The fraction of sp³-hybridized carbons (Fsp3) is 0.450. The van der Waals surface area contributed by atoms with Crippen LogP contribution in [0.1, 0.15) is 31.2 Å². The van der Waals surface area contributed by atoms with E-state index in [1.807, 2.05) is 6.20 Å². The van der Waals surface area contributed by atoms with Gasteiger partial charge in [0, 0.05) is 25.3 Å². The Labute approximate surface area is 180 Å². The van der Waals surface area contributed by atoms with Gasteiger partial charge in [0.05, 0.1) is 43.2 Å². The largest absolute Gasteiger partial charge is 0.403 e. The third kappa shape index (κ3) is 6.34. The van der Waals surface area contributed by atoms with Crippen LogP contribution >= 0.6 is 0 Å². The molecule has 1 aliphatic heterocycles. The molecule has 0 aromatic carbocycles. The number of likely N-dealkylation sites (tertiary alicyclic amines) is 1. The lowest BCUT2D eigenvalue weighted by molar-refractivity contribution is -0.889. The molecule has 0 radical (unpaired) electrons. The van der Waals surface area contributed by atoms with Gasteiger partial charge in [0.1, 0.15) is 17.8 Å². The van der Waals surface area contributed by atoms with Gasteiger partial charge in [0.2, 0.25) is 5.95 Å². The maximum Gasteiger partial charge on any atom is 0.257 e. The Morgan fingerprint density at radius 3 is 2.65 bits per heavy atom. The Hall–Kier alpha value is -3.30. The predicted octanol–water partition coefficient (Wildman–Crippen LogP) is 2.24. The minimum atomic E-state index is -2.56. The van der Waals surface area contributed by atoms with E-state index >= 15 is 0 Å². The lowest BCUT2D eigenvalue weighted by Gasteiger charge is -2.41. The van der Waals surface area contributed by atoms with E-state index in [2.05, 4.69) is 39.6 Å². The number of halogens is 2. The van der Waals surface area contributed by atoms with E-state index < -0.39 is 13.0 Å². The topological polar surface area (TPSA) is 152 Å². The summed E-state index contributed by atoms with van der Waals surface area (Å²) in [6.07, 6.45) is 5.25. The van der Waals surface area contributed by atoms with E-state index in [-0.39, 0.29) is 40.6 Å². The van der Waals surface area contributed by atoms with Gasteiger partial charge < -0.3 is 27.9 Å². The highest BCUT2D eigenvalue weighted by Gasteiger charge is 2.35. The van der Waals surface area contributed by atoms with E-state index in [9.17, 15) is 8.78 Å². The zero-order chi connectivity index (χ0) is 23.0. The van der Waals surface area contributed by atoms with Gasteiger partial charge in [0.25, 0.3) is 6.43 Å². The molecule has 8 N–H and O–H groups in total. The molecule has 2 unspecified atom stereocenters. The maximum atomic E-state index is 12.2. The molecule has 0 saturated carbocycles. The zero-order valence-corrected chi connectivity index (χ0v) is 17.6. The number of nitrogens with zero attached hydrogens (tertiary/aromatic N) is 4. The molecule has 2 rings (SSSR count). The Kier molecular flexibility index (Phi) is 8.23. The number of allylic oxidation sites excluding steroid dienone is 1. The molecule has 0 spiro atoms. The van der Waals surface area contributed by atoms with Crippen molar-refractivity contribution in [2.45, 2.75) is 38.2 Å². The van der Waals surface area contributed by atoms with Crippen molar-refractivity contribution < 1.29 is 13.3 Å². The summed E-state index contributed by atoms with van der Waals surface area (Å²) < 4.78 is 25.1. The van der Waals surface area contributed by atoms with Gasteiger partial charge in [-0.15, -0.1) is 0 Å². The van der Waals surface area contributed by atoms with Crippen molar-refractivity contribution >= 4 is 29.5 Å². The van der Waals surface area contributed by atoms with Gasteiger partial charge in [-0.05, 0) is 12.8 Å². The Morgan fingerprint density at radius 2 is 2.06 bits per heavy atom. The molecular formula is C20H30F2N9+. The Morgan fingerprint density at radius 1 is 1.39 bits per heavy atom. The number of rotatable bonds is 9. The first-order valence-corrected chi connectivity index (χ1v) is 9.89. The molecular weight excluding hydrogens is 404 g/mol. The van der Waals surface area contributed by atoms with Gasteiger partial charge in [-0.3, -0.25) is 9.48 Å². The third-order valence-electron chi connectivity index (χ3n) is 5.26. The molecule has 0 aliphatic carbocycles. The number of aromatic nitrogens is 2. The van der Waals surface area contributed by atoms with Crippen LogP contribution in [-0.4, -0.2) is 59.0 Å². The first-order valence-electron chi connectivity index (χ1n) is 9.89. The van der Waals surface area contributed by atoms with Crippen molar-refractivity contribution in [2.24, 2.45) is 10.7 Å². The van der Waals surface area contributed by atoms with Gasteiger partial charge in [-0.1, -0.05) is 12.3 Å². The molecule has 1 aromatic rings. The van der Waals surface area contributed by atoms with Gasteiger partial charge in [-0.25, -0.2) is 8.78 Å². The standard InChI is InChI=1S/C20H30F2N9/c1-3-7-31(2)8-5-4-6-14(31)9-15(24)17-18(25)29-20(30-19(17)26)28-13(10-23)11-27-12-16(21)22/h7,10-11,14,16,24H,1,4-6,8-9,12,23H2,2H3,(H5,25,26,28,29,30)/q+1. The van der Waals surface area contributed by atoms with E-state index in [0.717, 1.165) is 38.2 Å². The number of quaternary nitrogens is 1. The zero-order valence-electron chi connectivity index (χ0n) is 17.6. The number of nitrogen functional groups attached to an aromatic ring is 2. The summed E-state index contributed by atoms with van der Waals surface area (Å²) in [6.45, 7) is 3.99. The second-order valence-electron chi connectivity index (χ2n) is 7.56. The molecule has 168 valence electrons. The van der Waals surface area contributed by atoms with Crippen LogP contribution in [0.25, 0.3) is 0 Å². The predicted molar refractivity (Wildman–Crippen MR) is 120 cm³/mol. The number of nitrogens with two attached hydrogens (primary N) is 3. The van der Waals surface area contributed by atoms with Crippen LogP contribution in [-0.2, 0) is 0 Å². The number of nitrogens with one attached hydrogen (secondary N) is 2. The number of anilines is 3. The van der Waals surface area contributed by atoms with Crippen LogP contribution in [0.4, 0.5) is 26.4 Å². The number of aliphatic imine (C=N–C) groups is 1. The summed E-state index contributed by atoms with van der Waals surface area (Å²) >= 11 is 0. The van der Waals surface area contributed by atoms with E-state index in [1.54, 1.807) is 0 Å². The second kappa shape index (κ2) is 10.6. The highest BCUT2D eigenvalue weighted by Crippen LogP contribution is 2.29. The average molecular weight is 435 g/mol. The molecule has 11 heteroatoms. The second-order valence-corrected chi connectivity index (χ2v) is 7.56. The van der Waals surface area contributed by atoms with E-state index in [0.29, 0.717) is 10.9 Å². The monoisotopic (exact) mass is 434 g/mol. The first-order chi connectivity index (χ1) is 14.7. The fourth-order valence-corrected chi connectivity index (χ4v) is 3.67. The van der Waals surface area contributed by atoms with Crippen molar-refractivity contribution in [3.05, 3.63) is 36.0 Å². The summed E-state index contributed by atoms with van der Waals surface area (Å²) in [5.41, 5.74) is 21.3. The van der Waals surface area contributed by atoms with Crippen LogP contribution in [0.3, 0.4) is 0 Å². The number of hydrogen-bond donors (Lipinski definition) is 5. The normalized spacial score (nSPS) is 21.8. The minimum absolute atomic E-state index is 0.0274. The van der Waals surface area contributed by atoms with Crippen LogP contribution in [0.15, 0.2) is 35.4 Å². The molecule has 9 nitrogen and oxygen atoms in total. The molecule has 1 aliphatic rings. The molecule has 1 saturated heterocycles. The summed E-state index contributed by atoms with van der Waals surface area (Å²) in [6, 6.07) is 0.171. The van der Waals surface area contributed by atoms with Crippen molar-refractivity contribution in [3.8, 4) is 0 Å². The SMILES string of the molecule is C=C=C[N+]1(C)CCCCC1CC(=N)c1c(N)nc(NC(C=NCC(F)F)=CN)nc1N. The highest BCUT2D eigenvalue weighted by atomic mass is 19.3. The van der Waals surface area contributed by atoms with Gasteiger partial charge in [-0.2, -0.15) is 9.97 Å². The highest BCUT2D eigenvalue weighted by molar-refractivity contribution is 6.06. The maximum absolute atomic E-state index is 12.2. The summed E-state index contributed by atoms with van der Waals surface area (Å²) in [7, 11) is 2.10. The van der Waals surface area contributed by atoms with E-state index in [4.69, 9.17) is 22.6 Å². The molecule has 0 bridgehead atoms.